The molecule has 1 aromatic heterocycles. The maximum absolute atomic E-state index is 12.9. The van der Waals surface area contributed by atoms with Crippen molar-refractivity contribution in [3.8, 4) is 0 Å². The van der Waals surface area contributed by atoms with E-state index in [0.717, 1.165) is 11.3 Å². The minimum atomic E-state index is -0.319. The van der Waals surface area contributed by atoms with Gasteiger partial charge in [0.1, 0.15) is 5.82 Å². The molecule has 0 aliphatic carbocycles. The number of nitrogens with one attached hydrogen (secondary N) is 3. The second-order valence-electron chi connectivity index (χ2n) is 6.16. The summed E-state index contributed by atoms with van der Waals surface area (Å²) in [6.45, 7) is 1.73. The fourth-order valence-electron chi connectivity index (χ4n) is 2.56. The summed E-state index contributed by atoms with van der Waals surface area (Å²) in [6, 6.07) is 14.8. The molecule has 0 saturated carbocycles. The van der Waals surface area contributed by atoms with Crippen molar-refractivity contribution < 1.29 is 14.0 Å². The Hall–Kier alpha value is -3.74. The van der Waals surface area contributed by atoms with Gasteiger partial charge in [-0.15, -0.1) is 0 Å². The lowest BCUT2D eigenvalue weighted by Gasteiger charge is -2.10. The van der Waals surface area contributed by atoms with Crippen molar-refractivity contribution in [1.82, 2.24) is 10.3 Å². The number of nitrogens with zero attached hydrogens (tertiary/aromatic N) is 1. The monoisotopic (exact) mass is 378 g/mol. The van der Waals surface area contributed by atoms with Crippen LogP contribution in [0.2, 0.25) is 0 Å². The summed E-state index contributed by atoms with van der Waals surface area (Å²) in [5, 5.41) is 8.65. The van der Waals surface area contributed by atoms with Crippen LogP contribution in [0.1, 0.15) is 22.8 Å². The predicted octanol–water partition coefficient (Wildman–Crippen LogP) is 3.85. The van der Waals surface area contributed by atoms with Gasteiger partial charge in [-0.25, -0.2) is 4.39 Å². The van der Waals surface area contributed by atoms with Crippen LogP contribution in [0.5, 0.6) is 0 Å². The fraction of sp³-hybridized carbons (Fsp3) is 0.0952. The lowest BCUT2D eigenvalue weighted by Crippen LogP contribution is -2.23. The van der Waals surface area contributed by atoms with Gasteiger partial charge in [0.2, 0.25) is 5.91 Å². The average Bonchev–Trinajstić information content (AvgIpc) is 2.67. The standard InChI is InChI=1S/C21H19FN4O2/c1-14(27)25-18-3-2-4-19(10-18)26-20-9-16(12-23-13-20)21(28)24-11-15-5-7-17(22)8-6-15/h2-10,12-13,26H,11H2,1H3,(H,24,28)(H,25,27). The molecule has 28 heavy (non-hydrogen) atoms. The van der Waals surface area contributed by atoms with Crippen molar-refractivity contribution in [2.75, 3.05) is 10.6 Å². The number of hydrogen-bond acceptors (Lipinski definition) is 4. The minimum Gasteiger partial charge on any atom is -0.354 e. The first kappa shape index (κ1) is 19.0. The molecule has 142 valence electrons. The van der Waals surface area contributed by atoms with Crippen LogP contribution in [-0.4, -0.2) is 16.8 Å². The molecular formula is C21H19FN4O2. The van der Waals surface area contributed by atoms with Gasteiger partial charge in [0.25, 0.3) is 5.91 Å². The molecule has 3 aromatic rings. The molecule has 0 aliphatic heterocycles. The summed E-state index contributed by atoms with van der Waals surface area (Å²) in [5.74, 6) is -0.758. The summed E-state index contributed by atoms with van der Waals surface area (Å²) in [7, 11) is 0. The van der Waals surface area contributed by atoms with Crippen molar-refractivity contribution in [3.05, 3.63) is 83.9 Å². The van der Waals surface area contributed by atoms with E-state index >= 15 is 0 Å². The first-order valence-electron chi connectivity index (χ1n) is 8.62. The molecule has 0 unspecified atom stereocenters. The zero-order valence-electron chi connectivity index (χ0n) is 15.2. The largest absolute Gasteiger partial charge is 0.354 e. The zero-order valence-corrected chi connectivity index (χ0v) is 15.2. The highest BCUT2D eigenvalue weighted by Gasteiger charge is 2.08. The van der Waals surface area contributed by atoms with Gasteiger partial charge in [-0.2, -0.15) is 0 Å². The lowest BCUT2D eigenvalue weighted by atomic mass is 10.2. The smallest absolute Gasteiger partial charge is 0.253 e. The normalized spacial score (nSPS) is 10.2. The van der Waals surface area contributed by atoms with Crippen LogP contribution in [-0.2, 0) is 11.3 Å². The molecule has 2 aromatic carbocycles. The van der Waals surface area contributed by atoms with E-state index in [1.54, 1.807) is 42.6 Å². The molecule has 3 N–H and O–H groups in total. The molecule has 0 fully saturated rings. The topological polar surface area (TPSA) is 83.1 Å². The highest BCUT2D eigenvalue weighted by molar-refractivity contribution is 5.95. The quantitative estimate of drug-likeness (QED) is 0.608. The number of pyridine rings is 1. The molecule has 0 spiro atoms. The molecule has 0 aliphatic rings. The van der Waals surface area contributed by atoms with Crippen LogP contribution < -0.4 is 16.0 Å². The second-order valence-corrected chi connectivity index (χ2v) is 6.16. The van der Waals surface area contributed by atoms with E-state index in [4.69, 9.17) is 0 Å². The van der Waals surface area contributed by atoms with Gasteiger partial charge in [-0.05, 0) is 42.0 Å². The second kappa shape index (κ2) is 8.77. The van der Waals surface area contributed by atoms with E-state index in [2.05, 4.69) is 20.9 Å². The molecule has 1 heterocycles. The van der Waals surface area contributed by atoms with Crippen molar-refractivity contribution in [1.29, 1.82) is 0 Å². The number of rotatable bonds is 6. The van der Waals surface area contributed by atoms with E-state index in [0.29, 0.717) is 16.9 Å². The Morgan fingerprint density at radius 2 is 1.71 bits per heavy atom. The van der Waals surface area contributed by atoms with E-state index in [1.165, 1.54) is 25.3 Å². The van der Waals surface area contributed by atoms with Crippen LogP contribution in [0.4, 0.5) is 21.5 Å². The molecule has 0 atom stereocenters. The zero-order chi connectivity index (χ0) is 19.9. The number of amides is 2. The number of benzene rings is 2. The molecule has 6 nitrogen and oxygen atoms in total. The molecule has 3 rings (SSSR count). The summed E-state index contributed by atoms with van der Waals surface area (Å²) >= 11 is 0. The van der Waals surface area contributed by atoms with Crippen molar-refractivity contribution in [2.45, 2.75) is 13.5 Å². The maximum Gasteiger partial charge on any atom is 0.253 e. The Balaban J connectivity index is 1.65. The summed E-state index contributed by atoms with van der Waals surface area (Å²) in [4.78, 5) is 27.6. The minimum absolute atomic E-state index is 0.154. The highest BCUT2D eigenvalue weighted by Crippen LogP contribution is 2.20. The highest BCUT2D eigenvalue weighted by atomic mass is 19.1. The van der Waals surface area contributed by atoms with Crippen molar-refractivity contribution >= 4 is 28.9 Å². The van der Waals surface area contributed by atoms with Crippen LogP contribution >= 0.6 is 0 Å². The number of carbonyl (C=O) groups excluding carboxylic acids is 2. The van der Waals surface area contributed by atoms with E-state index in [1.807, 2.05) is 6.07 Å². The van der Waals surface area contributed by atoms with Gasteiger partial charge < -0.3 is 16.0 Å². The van der Waals surface area contributed by atoms with Crippen LogP contribution in [0.15, 0.2) is 67.0 Å². The molecular weight excluding hydrogens is 359 g/mol. The Morgan fingerprint density at radius 3 is 2.46 bits per heavy atom. The number of anilines is 3. The van der Waals surface area contributed by atoms with E-state index in [9.17, 15) is 14.0 Å². The Bertz CT molecular complexity index is 990. The number of halogens is 1. The average molecular weight is 378 g/mol. The SMILES string of the molecule is CC(=O)Nc1cccc(Nc2cncc(C(=O)NCc3ccc(F)cc3)c2)c1. The number of hydrogen-bond donors (Lipinski definition) is 3. The third-order valence-corrected chi connectivity index (χ3v) is 3.84. The van der Waals surface area contributed by atoms with Gasteiger partial charge in [0.15, 0.2) is 0 Å². The van der Waals surface area contributed by atoms with Crippen LogP contribution in [0.3, 0.4) is 0 Å². The Labute approximate surface area is 161 Å². The van der Waals surface area contributed by atoms with E-state index < -0.39 is 0 Å². The van der Waals surface area contributed by atoms with Crippen LogP contribution in [0, 0.1) is 5.82 Å². The van der Waals surface area contributed by atoms with Gasteiger partial charge in [0.05, 0.1) is 17.4 Å². The number of carbonyl (C=O) groups is 2. The summed E-state index contributed by atoms with van der Waals surface area (Å²) < 4.78 is 12.9. The molecule has 2 amide bonds. The molecule has 0 radical (unpaired) electrons. The van der Waals surface area contributed by atoms with Gasteiger partial charge in [0, 0.05) is 31.0 Å². The Morgan fingerprint density at radius 1 is 0.964 bits per heavy atom. The number of aromatic nitrogens is 1. The summed E-state index contributed by atoms with van der Waals surface area (Å²) in [5.41, 5.74) is 3.24. The van der Waals surface area contributed by atoms with E-state index in [-0.39, 0.29) is 24.2 Å². The lowest BCUT2D eigenvalue weighted by molar-refractivity contribution is -0.114. The predicted molar refractivity (Wildman–Crippen MR) is 106 cm³/mol. The third kappa shape index (κ3) is 5.38. The fourth-order valence-corrected chi connectivity index (χ4v) is 2.56. The van der Waals surface area contributed by atoms with Gasteiger partial charge in [-0.1, -0.05) is 18.2 Å². The van der Waals surface area contributed by atoms with Gasteiger partial charge in [-0.3, -0.25) is 14.6 Å². The van der Waals surface area contributed by atoms with Crippen molar-refractivity contribution in [2.24, 2.45) is 0 Å². The van der Waals surface area contributed by atoms with Gasteiger partial charge >= 0.3 is 0 Å². The first-order valence-corrected chi connectivity index (χ1v) is 8.62. The Kier molecular flexibility index (Phi) is 5.96. The maximum atomic E-state index is 12.9. The molecule has 0 bridgehead atoms. The summed E-state index contributed by atoms with van der Waals surface area (Å²) in [6.07, 6.45) is 3.07. The van der Waals surface area contributed by atoms with Crippen LogP contribution in [0.25, 0.3) is 0 Å². The molecule has 0 saturated heterocycles. The third-order valence-electron chi connectivity index (χ3n) is 3.84. The first-order chi connectivity index (χ1) is 13.5. The van der Waals surface area contributed by atoms with Crippen molar-refractivity contribution in [3.63, 3.8) is 0 Å². The molecule has 7 heteroatoms.